The average molecular weight is 303 g/mol. The molecule has 2 aliphatic heterocycles. The van der Waals surface area contributed by atoms with Crippen molar-refractivity contribution < 1.29 is 4.79 Å². The van der Waals surface area contributed by atoms with Crippen LogP contribution in [-0.2, 0) is 4.79 Å². The van der Waals surface area contributed by atoms with Crippen molar-refractivity contribution >= 4 is 5.91 Å². The van der Waals surface area contributed by atoms with Gasteiger partial charge in [-0.15, -0.1) is 0 Å². The zero-order chi connectivity index (χ0) is 14.9. The van der Waals surface area contributed by atoms with Crippen molar-refractivity contribution in [3.8, 4) is 0 Å². The molecule has 3 fully saturated rings. The molecular formula is C16H25N5O. The number of piperidine rings is 1. The summed E-state index contributed by atoms with van der Waals surface area (Å²) >= 11 is 0. The van der Waals surface area contributed by atoms with Gasteiger partial charge in [0, 0.05) is 19.1 Å². The predicted octanol–water partition coefficient (Wildman–Crippen LogP) is 1.36. The lowest BCUT2D eigenvalue weighted by Gasteiger charge is -2.34. The highest BCUT2D eigenvalue weighted by atomic mass is 16.2. The number of nitrogens with zero attached hydrogens (tertiary/aromatic N) is 4. The fraction of sp³-hybridized carbons (Fsp3) is 0.812. The van der Waals surface area contributed by atoms with E-state index in [1.165, 1.54) is 25.7 Å². The third kappa shape index (κ3) is 2.64. The van der Waals surface area contributed by atoms with E-state index in [4.69, 9.17) is 0 Å². The highest BCUT2D eigenvalue weighted by Crippen LogP contribution is 2.34. The average Bonchev–Trinajstić information content (AvgIpc) is 3.23. The normalized spacial score (nSPS) is 35.4. The molecule has 120 valence electrons. The van der Waals surface area contributed by atoms with E-state index in [1.807, 2.05) is 9.58 Å². The lowest BCUT2D eigenvalue weighted by molar-refractivity contribution is -0.134. The summed E-state index contributed by atoms with van der Waals surface area (Å²) in [5.74, 6) is 1.03. The predicted molar refractivity (Wildman–Crippen MR) is 82.2 cm³/mol. The summed E-state index contributed by atoms with van der Waals surface area (Å²) in [5.41, 5.74) is 0. The van der Waals surface area contributed by atoms with Crippen LogP contribution in [-0.4, -0.2) is 50.7 Å². The third-order valence-corrected chi connectivity index (χ3v) is 5.68. The number of rotatable bonds is 2. The number of hydrogen-bond acceptors (Lipinski definition) is 4. The van der Waals surface area contributed by atoms with Gasteiger partial charge in [-0.2, -0.15) is 5.10 Å². The zero-order valence-corrected chi connectivity index (χ0v) is 13.0. The monoisotopic (exact) mass is 303 g/mol. The molecule has 6 heteroatoms. The van der Waals surface area contributed by atoms with E-state index in [1.54, 1.807) is 12.7 Å². The molecule has 1 aromatic rings. The Morgan fingerprint density at radius 1 is 1.18 bits per heavy atom. The van der Waals surface area contributed by atoms with E-state index in [-0.39, 0.29) is 12.1 Å². The van der Waals surface area contributed by atoms with Crippen molar-refractivity contribution in [1.29, 1.82) is 0 Å². The fourth-order valence-corrected chi connectivity index (χ4v) is 4.51. The van der Waals surface area contributed by atoms with E-state index >= 15 is 0 Å². The van der Waals surface area contributed by atoms with Crippen LogP contribution >= 0.6 is 0 Å². The Hall–Kier alpha value is -1.43. The van der Waals surface area contributed by atoms with Crippen LogP contribution in [0.5, 0.6) is 0 Å². The first kappa shape index (κ1) is 14.2. The summed E-state index contributed by atoms with van der Waals surface area (Å²) in [6.07, 6.45) is 11.7. The van der Waals surface area contributed by atoms with Gasteiger partial charge in [-0.25, -0.2) is 9.67 Å². The van der Waals surface area contributed by atoms with Gasteiger partial charge in [-0.3, -0.25) is 4.79 Å². The van der Waals surface area contributed by atoms with Gasteiger partial charge in [0.2, 0.25) is 5.91 Å². The molecule has 0 aromatic carbocycles. The summed E-state index contributed by atoms with van der Waals surface area (Å²) < 4.78 is 1.90. The number of likely N-dealkylation sites (tertiary alicyclic amines) is 1. The second-order valence-corrected chi connectivity index (χ2v) is 7.06. The number of aromatic nitrogens is 3. The maximum Gasteiger partial charge on any atom is 0.239 e. The number of carbonyl (C=O) groups is 1. The van der Waals surface area contributed by atoms with Gasteiger partial charge in [0.05, 0.1) is 12.1 Å². The topological polar surface area (TPSA) is 63.1 Å². The SMILES string of the molecule is O=C(C1CC2CCCCC2N1)N1CCCC(n2cncn2)C1. The molecule has 4 atom stereocenters. The van der Waals surface area contributed by atoms with Crippen LogP contribution in [0.3, 0.4) is 0 Å². The van der Waals surface area contributed by atoms with Crippen LogP contribution < -0.4 is 5.32 Å². The van der Waals surface area contributed by atoms with Crippen LogP contribution in [0.25, 0.3) is 0 Å². The van der Waals surface area contributed by atoms with E-state index in [0.29, 0.717) is 11.9 Å². The summed E-state index contributed by atoms with van der Waals surface area (Å²) in [4.78, 5) is 19.0. The van der Waals surface area contributed by atoms with Crippen molar-refractivity contribution in [3.05, 3.63) is 12.7 Å². The van der Waals surface area contributed by atoms with Crippen molar-refractivity contribution in [3.63, 3.8) is 0 Å². The Labute approximate surface area is 131 Å². The number of nitrogens with one attached hydrogen (secondary N) is 1. The summed E-state index contributed by atoms with van der Waals surface area (Å²) in [6.45, 7) is 1.66. The fourth-order valence-electron chi connectivity index (χ4n) is 4.51. The van der Waals surface area contributed by atoms with Gasteiger partial charge >= 0.3 is 0 Å². The minimum Gasteiger partial charge on any atom is -0.339 e. The maximum absolute atomic E-state index is 12.9. The van der Waals surface area contributed by atoms with Gasteiger partial charge in [-0.05, 0) is 38.0 Å². The second kappa shape index (κ2) is 5.99. The molecule has 1 aromatic heterocycles. The van der Waals surface area contributed by atoms with Crippen LogP contribution in [0.2, 0.25) is 0 Å². The van der Waals surface area contributed by atoms with Crippen LogP contribution in [0, 0.1) is 5.92 Å². The summed E-state index contributed by atoms with van der Waals surface area (Å²) in [7, 11) is 0. The largest absolute Gasteiger partial charge is 0.339 e. The molecule has 1 aliphatic carbocycles. The first-order valence-corrected chi connectivity index (χ1v) is 8.70. The van der Waals surface area contributed by atoms with Crippen molar-refractivity contribution in [2.24, 2.45) is 5.92 Å². The third-order valence-electron chi connectivity index (χ3n) is 5.68. The van der Waals surface area contributed by atoms with Crippen molar-refractivity contribution in [2.45, 2.75) is 63.1 Å². The smallest absolute Gasteiger partial charge is 0.239 e. The zero-order valence-electron chi connectivity index (χ0n) is 13.0. The minimum atomic E-state index is 0.0441. The Kier molecular flexibility index (Phi) is 3.86. The Morgan fingerprint density at radius 3 is 2.91 bits per heavy atom. The number of amides is 1. The van der Waals surface area contributed by atoms with E-state index in [9.17, 15) is 4.79 Å². The molecule has 22 heavy (non-hydrogen) atoms. The molecule has 3 heterocycles. The molecule has 6 nitrogen and oxygen atoms in total. The van der Waals surface area contributed by atoms with E-state index in [2.05, 4.69) is 15.4 Å². The quantitative estimate of drug-likeness (QED) is 0.896. The first-order chi connectivity index (χ1) is 10.8. The van der Waals surface area contributed by atoms with Gasteiger partial charge < -0.3 is 10.2 Å². The molecule has 2 saturated heterocycles. The van der Waals surface area contributed by atoms with E-state index in [0.717, 1.165) is 38.3 Å². The van der Waals surface area contributed by atoms with E-state index < -0.39 is 0 Å². The lowest BCUT2D eigenvalue weighted by atomic mass is 9.85. The van der Waals surface area contributed by atoms with Gasteiger partial charge in [0.15, 0.2) is 0 Å². The highest BCUT2D eigenvalue weighted by molar-refractivity contribution is 5.82. The van der Waals surface area contributed by atoms with Crippen LogP contribution in [0.4, 0.5) is 0 Å². The van der Waals surface area contributed by atoms with Gasteiger partial charge in [0.25, 0.3) is 0 Å². The second-order valence-electron chi connectivity index (χ2n) is 7.06. The molecule has 4 unspecified atom stereocenters. The van der Waals surface area contributed by atoms with Crippen LogP contribution in [0.1, 0.15) is 51.0 Å². The number of hydrogen-bond donors (Lipinski definition) is 1. The van der Waals surface area contributed by atoms with Gasteiger partial charge in [0.1, 0.15) is 12.7 Å². The highest BCUT2D eigenvalue weighted by Gasteiger charge is 2.40. The molecule has 1 N–H and O–H groups in total. The van der Waals surface area contributed by atoms with Gasteiger partial charge in [-0.1, -0.05) is 12.8 Å². The molecule has 1 saturated carbocycles. The summed E-state index contributed by atoms with van der Waals surface area (Å²) in [5, 5.41) is 7.86. The summed E-state index contributed by atoms with van der Waals surface area (Å²) in [6, 6.07) is 0.907. The minimum absolute atomic E-state index is 0.0441. The molecule has 0 spiro atoms. The standard InChI is InChI=1S/C16H25N5O/c22-16(15-8-12-4-1-2-6-14(12)19-15)20-7-3-5-13(9-20)21-11-17-10-18-21/h10-15,19H,1-9H2. The van der Waals surface area contributed by atoms with Crippen LogP contribution in [0.15, 0.2) is 12.7 Å². The van der Waals surface area contributed by atoms with Crippen molar-refractivity contribution in [2.75, 3.05) is 13.1 Å². The Bertz CT molecular complexity index is 503. The molecule has 0 radical (unpaired) electrons. The number of fused-ring (bicyclic) bond motifs is 1. The Balaban J connectivity index is 1.40. The molecule has 0 bridgehead atoms. The first-order valence-electron chi connectivity index (χ1n) is 8.70. The van der Waals surface area contributed by atoms with Crippen molar-refractivity contribution in [1.82, 2.24) is 25.0 Å². The Morgan fingerprint density at radius 2 is 2.09 bits per heavy atom. The molecule has 3 aliphatic rings. The number of carbonyl (C=O) groups excluding carboxylic acids is 1. The molecule has 4 rings (SSSR count). The lowest BCUT2D eigenvalue weighted by Crippen LogP contribution is -2.49. The maximum atomic E-state index is 12.9. The molecular weight excluding hydrogens is 278 g/mol. The molecule has 1 amide bonds.